The van der Waals surface area contributed by atoms with Crippen LogP contribution in [0.15, 0.2) is 18.2 Å². The standard InChI is InChI=1S/C11H8ClNO4/c1-17-9(14)5-13-10(15)7-3-2-6(12)4-8(7)11(13)16/h2-4H,5H2,1H3. The topological polar surface area (TPSA) is 63.7 Å². The first kappa shape index (κ1) is 11.6. The van der Waals surface area contributed by atoms with E-state index >= 15 is 0 Å². The minimum Gasteiger partial charge on any atom is -0.468 e. The van der Waals surface area contributed by atoms with Crippen LogP contribution >= 0.6 is 11.6 Å². The van der Waals surface area contributed by atoms with E-state index < -0.39 is 17.8 Å². The molecule has 2 rings (SSSR count). The summed E-state index contributed by atoms with van der Waals surface area (Å²) in [5.74, 6) is -1.68. The lowest BCUT2D eigenvalue weighted by molar-refractivity contribution is -0.140. The van der Waals surface area contributed by atoms with Gasteiger partial charge in [-0.25, -0.2) is 0 Å². The summed E-state index contributed by atoms with van der Waals surface area (Å²) in [7, 11) is 1.19. The van der Waals surface area contributed by atoms with Crippen LogP contribution in [0.1, 0.15) is 20.7 Å². The molecule has 0 atom stereocenters. The fourth-order valence-electron chi connectivity index (χ4n) is 1.60. The first-order chi connectivity index (χ1) is 8.04. The number of halogens is 1. The average molecular weight is 254 g/mol. The van der Waals surface area contributed by atoms with Crippen molar-refractivity contribution >= 4 is 29.4 Å². The molecule has 0 N–H and O–H groups in total. The first-order valence-corrected chi connectivity index (χ1v) is 5.15. The van der Waals surface area contributed by atoms with E-state index in [1.165, 1.54) is 25.3 Å². The van der Waals surface area contributed by atoms with E-state index in [-0.39, 0.29) is 17.7 Å². The third kappa shape index (κ3) is 1.89. The van der Waals surface area contributed by atoms with Crippen LogP contribution in [0.4, 0.5) is 0 Å². The Balaban J connectivity index is 2.35. The lowest BCUT2D eigenvalue weighted by Crippen LogP contribution is -2.35. The predicted molar refractivity (Wildman–Crippen MR) is 58.8 cm³/mol. The second kappa shape index (κ2) is 4.18. The van der Waals surface area contributed by atoms with E-state index in [0.29, 0.717) is 5.02 Å². The number of esters is 1. The molecule has 0 spiro atoms. The van der Waals surface area contributed by atoms with Gasteiger partial charge in [0.15, 0.2) is 0 Å². The summed E-state index contributed by atoms with van der Waals surface area (Å²) in [4.78, 5) is 35.6. The van der Waals surface area contributed by atoms with Gasteiger partial charge in [0.25, 0.3) is 11.8 Å². The number of carbonyl (C=O) groups excluding carboxylic acids is 3. The monoisotopic (exact) mass is 253 g/mol. The van der Waals surface area contributed by atoms with Crippen LogP contribution in [0, 0.1) is 0 Å². The van der Waals surface area contributed by atoms with Gasteiger partial charge in [0.05, 0.1) is 18.2 Å². The van der Waals surface area contributed by atoms with Crippen molar-refractivity contribution in [2.24, 2.45) is 0 Å². The van der Waals surface area contributed by atoms with Crippen molar-refractivity contribution in [3.8, 4) is 0 Å². The SMILES string of the molecule is COC(=O)CN1C(=O)c2ccc(Cl)cc2C1=O. The number of ether oxygens (including phenoxy) is 1. The Morgan fingerprint density at radius 1 is 1.29 bits per heavy atom. The summed E-state index contributed by atoms with van der Waals surface area (Å²) in [5.41, 5.74) is 0.467. The van der Waals surface area contributed by atoms with Gasteiger partial charge in [0.2, 0.25) is 0 Å². The molecular weight excluding hydrogens is 246 g/mol. The molecule has 0 saturated carbocycles. The zero-order valence-corrected chi connectivity index (χ0v) is 9.65. The molecule has 2 amide bonds. The van der Waals surface area contributed by atoms with Gasteiger partial charge in [-0.3, -0.25) is 19.3 Å². The van der Waals surface area contributed by atoms with E-state index in [4.69, 9.17) is 11.6 Å². The molecule has 1 aromatic carbocycles. The molecule has 0 saturated heterocycles. The summed E-state index contributed by atoms with van der Waals surface area (Å²) >= 11 is 5.74. The van der Waals surface area contributed by atoms with Crippen LogP contribution in [0.5, 0.6) is 0 Å². The maximum Gasteiger partial charge on any atom is 0.325 e. The molecule has 17 heavy (non-hydrogen) atoms. The Morgan fingerprint density at radius 3 is 2.59 bits per heavy atom. The number of carbonyl (C=O) groups is 3. The molecule has 88 valence electrons. The molecule has 0 unspecified atom stereocenters. The number of nitrogens with zero attached hydrogens (tertiary/aromatic N) is 1. The van der Waals surface area contributed by atoms with E-state index in [0.717, 1.165) is 4.90 Å². The van der Waals surface area contributed by atoms with E-state index in [1.54, 1.807) is 0 Å². The Morgan fingerprint density at radius 2 is 1.94 bits per heavy atom. The lowest BCUT2D eigenvalue weighted by Gasteiger charge is -2.11. The molecule has 5 nitrogen and oxygen atoms in total. The normalized spacial score (nSPS) is 13.9. The smallest absolute Gasteiger partial charge is 0.325 e. The fourth-order valence-corrected chi connectivity index (χ4v) is 1.77. The van der Waals surface area contributed by atoms with Gasteiger partial charge >= 0.3 is 5.97 Å². The highest BCUT2D eigenvalue weighted by atomic mass is 35.5. The van der Waals surface area contributed by atoms with Crippen molar-refractivity contribution in [3.63, 3.8) is 0 Å². The molecule has 0 aliphatic carbocycles. The number of imide groups is 1. The summed E-state index contributed by atoms with van der Waals surface area (Å²) in [6.45, 7) is -0.388. The van der Waals surface area contributed by atoms with Crippen molar-refractivity contribution in [1.29, 1.82) is 0 Å². The van der Waals surface area contributed by atoms with Crippen molar-refractivity contribution in [3.05, 3.63) is 34.3 Å². The molecule has 1 heterocycles. The molecule has 6 heteroatoms. The highest BCUT2D eigenvalue weighted by molar-refractivity contribution is 6.32. The second-order valence-electron chi connectivity index (χ2n) is 3.46. The minimum atomic E-state index is -0.648. The molecule has 0 bridgehead atoms. The van der Waals surface area contributed by atoms with Gasteiger partial charge in [0.1, 0.15) is 6.54 Å². The predicted octanol–water partition coefficient (Wildman–Crippen LogP) is 1.11. The Kier molecular flexibility index (Phi) is 2.85. The van der Waals surface area contributed by atoms with E-state index in [2.05, 4.69) is 4.74 Å². The molecule has 1 aromatic rings. The number of methoxy groups -OCH3 is 1. The summed E-state index contributed by atoms with van der Waals surface area (Å²) in [5, 5.41) is 0.366. The summed E-state index contributed by atoms with van der Waals surface area (Å²) in [6, 6.07) is 4.40. The quantitative estimate of drug-likeness (QED) is 0.585. The Bertz CT molecular complexity index is 526. The maximum atomic E-state index is 11.8. The largest absolute Gasteiger partial charge is 0.468 e. The van der Waals surface area contributed by atoms with Gasteiger partial charge in [-0.15, -0.1) is 0 Å². The van der Waals surface area contributed by atoms with Crippen LogP contribution in [-0.2, 0) is 9.53 Å². The van der Waals surface area contributed by atoms with Gasteiger partial charge in [0, 0.05) is 5.02 Å². The fraction of sp³-hybridized carbons (Fsp3) is 0.182. The number of fused-ring (bicyclic) bond motifs is 1. The zero-order chi connectivity index (χ0) is 12.6. The molecule has 0 radical (unpaired) electrons. The molecule has 0 aromatic heterocycles. The van der Waals surface area contributed by atoms with Crippen LogP contribution in [0.3, 0.4) is 0 Å². The van der Waals surface area contributed by atoms with E-state index in [1.807, 2.05) is 0 Å². The number of hydrogen-bond donors (Lipinski definition) is 0. The van der Waals surface area contributed by atoms with Gasteiger partial charge in [-0.05, 0) is 18.2 Å². The summed E-state index contributed by atoms with van der Waals surface area (Å²) in [6.07, 6.45) is 0. The molecule has 1 aliphatic rings. The molecular formula is C11H8ClNO4. The van der Waals surface area contributed by atoms with Gasteiger partial charge in [-0.2, -0.15) is 0 Å². The van der Waals surface area contributed by atoms with Crippen LogP contribution < -0.4 is 0 Å². The highest BCUT2D eigenvalue weighted by Crippen LogP contribution is 2.25. The van der Waals surface area contributed by atoms with Crippen LogP contribution in [-0.4, -0.2) is 36.3 Å². The van der Waals surface area contributed by atoms with Crippen molar-refractivity contribution in [1.82, 2.24) is 4.90 Å². The number of rotatable bonds is 2. The first-order valence-electron chi connectivity index (χ1n) is 4.77. The number of hydrogen-bond acceptors (Lipinski definition) is 4. The number of benzene rings is 1. The van der Waals surface area contributed by atoms with Crippen LogP contribution in [0.25, 0.3) is 0 Å². The van der Waals surface area contributed by atoms with Crippen molar-refractivity contribution in [2.75, 3.05) is 13.7 Å². The molecule has 0 fully saturated rings. The third-order valence-electron chi connectivity index (χ3n) is 2.45. The number of amides is 2. The maximum absolute atomic E-state index is 11.8. The van der Waals surface area contributed by atoms with Crippen molar-refractivity contribution < 1.29 is 19.1 Å². The zero-order valence-electron chi connectivity index (χ0n) is 8.90. The Labute approximate surface area is 102 Å². The van der Waals surface area contributed by atoms with Gasteiger partial charge < -0.3 is 4.74 Å². The Hall–Kier alpha value is -1.88. The van der Waals surface area contributed by atoms with Gasteiger partial charge in [-0.1, -0.05) is 11.6 Å². The summed E-state index contributed by atoms with van der Waals surface area (Å²) < 4.78 is 4.42. The van der Waals surface area contributed by atoms with E-state index in [9.17, 15) is 14.4 Å². The third-order valence-corrected chi connectivity index (χ3v) is 2.68. The average Bonchev–Trinajstić information content (AvgIpc) is 2.54. The second-order valence-corrected chi connectivity index (χ2v) is 3.90. The van der Waals surface area contributed by atoms with Crippen LogP contribution in [0.2, 0.25) is 5.02 Å². The van der Waals surface area contributed by atoms with Crippen molar-refractivity contribution in [2.45, 2.75) is 0 Å². The highest BCUT2D eigenvalue weighted by Gasteiger charge is 2.36. The molecule has 1 aliphatic heterocycles. The lowest BCUT2D eigenvalue weighted by atomic mass is 10.1. The minimum absolute atomic E-state index is 0.214.